The lowest BCUT2D eigenvalue weighted by molar-refractivity contribution is 0.111. The number of aldehydes is 1. The molecule has 0 aliphatic carbocycles. The molecular formula is C16H21NO. The van der Waals surface area contributed by atoms with Crippen molar-refractivity contribution in [3.8, 4) is 0 Å². The number of unbranched alkanes of at least 4 members (excludes halogenated alkanes) is 3. The number of carbonyl (C=O) groups is 1. The van der Waals surface area contributed by atoms with E-state index in [-0.39, 0.29) is 0 Å². The lowest BCUT2D eigenvalue weighted by atomic mass is 10.0. The van der Waals surface area contributed by atoms with Crippen LogP contribution in [0.5, 0.6) is 0 Å². The first-order valence-electron chi connectivity index (χ1n) is 6.79. The van der Waals surface area contributed by atoms with Gasteiger partial charge in [-0.1, -0.05) is 32.3 Å². The van der Waals surface area contributed by atoms with Crippen LogP contribution < -0.4 is 0 Å². The van der Waals surface area contributed by atoms with Crippen molar-refractivity contribution in [1.82, 2.24) is 4.57 Å². The Morgan fingerprint density at radius 1 is 1.17 bits per heavy atom. The van der Waals surface area contributed by atoms with Gasteiger partial charge in [-0.2, -0.15) is 0 Å². The van der Waals surface area contributed by atoms with Crippen LogP contribution in [0.25, 0.3) is 10.9 Å². The third kappa shape index (κ3) is 2.63. The quantitative estimate of drug-likeness (QED) is 0.552. The Hall–Kier alpha value is -1.57. The van der Waals surface area contributed by atoms with Gasteiger partial charge in [0, 0.05) is 18.0 Å². The first-order valence-corrected chi connectivity index (χ1v) is 6.79. The van der Waals surface area contributed by atoms with Crippen LogP contribution in [0, 0.1) is 0 Å². The Labute approximate surface area is 109 Å². The fourth-order valence-electron chi connectivity index (χ4n) is 2.44. The van der Waals surface area contributed by atoms with Crippen LogP contribution in [0.1, 0.15) is 48.7 Å². The summed E-state index contributed by atoms with van der Waals surface area (Å²) in [5, 5.41) is 1.17. The van der Waals surface area contributed by atoms with E-state index < -0.39 is 0 Å². The standard InChI is InChI=1S/C16H21NO/c1-3-4-5-6-7-13-8-9-16-14(10-13)11-15(12-18)17(16)2/h8-12H,3-7H2,1-2H3. The molecule has 2 heteroatoms. The van der Waals surface area contributed by atoms with E-state index in [4.69, 9.17) is 0 Å². The van der Waals surface area contributed by atoms with E-state index in [0.29, 0.717) is 0 Å². The molecule has 0 saturated heterocycles. The summed E-state index contributed by atoms with van der Waals surface area (Å²) in [7, 11) is 1.94. The first kappa shape index (κ1) is 12.9. The molecular weight excluding hydrogens is 222 g/mol. The van der Waals surface area contributed by atoms with Crippen molar-refractivity contribution in [2.24, 2.45) is 7.05 Å². The van der Waals surface area contributed by atoms with Crippen molar-refractivity contribution in [3.05, 3.63) is 35.5 Å². The number of benzene rings is 1. The zero-order valence-corrected chi connectivity index (χ0v) is 11.3. The number of hydrogen-bond acceptors (Lipinski definition) is 1. The highest BCUT2D eigenvalue weighted by Crippen LogP contribution is 2.20. The fourth-order valence-corrected chi connectivity index (χ4v) is 2.44. The van der Waals surface area contributed by atoms with Crippen molar-refractivity contribution in [3.63, 3.8) is 0 Å². The number of aromatic nitrogens is 1. The minimum atomic E-state index is 0.744. The maximum Gasteiger partial charge on any atom is 0.166 e. The van der Waals surface area contributed by atoms with Gasteiger partial charge in [0.15, 0.2) is 6.29 Å². The number of carbonyl (C=O) groups excluding carboxylic acids is 1. The fraction of sp³-hybridized carbons (Fsp3) is 0.438. The van der Waals surface area contributed by atoms with Crippen molar-refractivity contribution >= 4 is 17.2 Å². The average molecular weight is 243 g/mol. The summed E-state index contributed by atoms with van der Waals surface area (Å²) in [6.45, 7) is 2.23. The zero-order valence-electron chi connectivity index (χ0n) is 11.3. The van der Waals surface area contributed by atoms with Gasteiger partial charge in [0.05, 0.1) is 5.69 Å². The predicted molar refractivity (Wildman–Crippen MR) is 76.2 cm³/mol. The van der Waals surface area contributed by atoms with Crippen molar-refractivity contribution in [1.29, 1.82) is 0 Å². The highest BCUT2D eigenvalue weighted by Gasteiger charge is 2.05. The Morgan fingerprint density at radius 2 is 2.00 bits per heavy atom. The molecule has 0 spiro atoms. The normalized spacial score (nSPS) is 11.0. The van der Waals surface area contributed by atoms with Crippen molar-refractivity contribution in [2.75, 3.05) is 0 Å². The van der Waals surface area contributed by atoms with Gasteiger partial charge < -0.3 is 4.57 Å². The molecule has 0 saturated carbocycles. The van der Waals surface area contributed by atoms with E-state index in [1.54, 1.807) is 0 Å². The van der Waals surface area contributed by atoms with Gasteiger partial charge in [-0.3, -0.25) is 4.79 Å². The van der Waals surface area contributed by atoms with E-state index in [1.807, 2.05) is 17.7 Å². The molecule has 0 unspecified atom stereocenters. The number of nitrogens with zero attached hydrogens (tertiary/aromatic N) is 1. The Morgan fingerprint density at radius 3 is 2.72 bits per heavy atom. The van der Waals surface area contributed by atoms with E-state index >= 15 is 0 Å². The molecule has 1 aromatic carbocycles. The molecule has 0 amide bonds. The van der Waals surface area contributed by atoms with Crippen LogP contribution in [-0.2, 0) is 13.5 Å². The molecule has 96 valence electrons. The van der Waals surface area contributed by atoms with Gasteiger partial charge in [-0.25, -0.2) is 0 Å². The number of aryl methyl sites for hydroxylation is 2. The molecule has 18 heavy (non-hydrogen) atoms. The van der Waals surface area contributed by atoms with Gasteiger partial charge in [0.25, 0.3) is 0 Å². The summed E-state index contributed by atoms with van der Waals surface area (Å²) in [4.78, 5) is 10.9. The second-order valence-corrected chi connectivity index (χ2v) is 4.95. The van der Waals surface area contributed by atoms with E-state index in [0.717, 1.165) is 23.9 Å². The average Bonchev–Trinajstić information content (AvgIpc) is 2.71. The minimum Gasteiger partial charge on any atom is -0.341 e. The monoisotopic (exact) mass is 243 g/mol. The van der Waals surface area contributed by atoms with Gasteiger partial charge >= 0.3 is 0 Å². The van der Waals surface area contributed by atoms with E-state index in [9.17, 15) is 4.79 Å². The van der Waals surface area contributed by atoms with Crippen LogP contribution in [-0.4, -0.2) is 10.9 Å². The second kappa shape index (κ2) is 5.85. The summed E-state index contributed by atoms with van der Waals surface area (Å²) in [5.41, 5.74) is 3.25. The zero-order chi connectivity index (χ0) is 13.0. The molecule has 1 heterocycles. The molecule has 0 fully saturated rings. The molecule has 1 aromatic heterocycles. The lowest BCUT2D eigenvalue weighted by Crippen LogP contribution is -1.93. The summed E-state index contributed by atoms with van der Waals surface area (Å²) in [5.74, 6) is 0. The third-order valence-corrected chi connectivity index (χ3v) is 3.58. The van der Waals surface area contributed by atoms with E-state index in [1.165, 1.54) is 36.6 Å². The number of fused-ring (bicyclic) bond motifs is 1. The van der Waals surface area contributed by atoms with Crippen LogP contribution in [0.2, 0.25) is 0 Å². The topological polar surface area (TPSA) is 22.0 Å². The predicted octanol–water partition coefficient (Wildman–Crippen LogP) is 4.11. The SMILES string of the molecule is CCCCCCc1ccc2c(c1)cc(C=O)n2C. The maximum atomic E-state index is 10.9. The smallest absolute Gasteiger partial charge is 0.166 e. The van der Waals surface area contributed by atoms with Gasteiger partial charge in [0.1, 0.15) is 0 Å². The Balaban J connectivity index is 2.14. The summed E-state index contributed by atoms with van der Waals surface area (Å²) >= 11 is 0. The number of rotatable bonds is 6. The van der Waals surface area contributed by atoms with Crippen LogP contribution >= 0.6 is 0 Å². The second-order valence-electron chi connectivity index (χ2n) is 4.95. The molecule has 0 aliphatic rings. The van der Waals surface area contributed by atoms with Crippen LogP contribution in [0.15, 0.2) is 24.3 Å². The van der Waals surface area contributed by atoms with Gasteiger partial charge in [-0.15, -0.1) is 0 Å². The van der Waals surface area contributed by atoms with Crippen LogP contribution in [0.3, 0.4) is 0 Å². The molecule has 0 atom stereocenters. The summed E-state index contributed by atoms with van der Waals surface area (Å²) in [6.07, 6.45) is 7.22. The highest BCUT2D eigenvalue weighted by molar-refractivity contribution is 5.89. The molecule has 2 rings (SSSR count). The third-order valence-electron chi connectivity index (χ3n) is 3.58. The Kier molecular flexibility index (Phi) is 4.19. The summed E-state index contributed by atoms with van der Waals surface area (Å²) in [6, 6.07) is 8.49. The molecule has 0 bridgehead atoms. The largest absolute Gasteiger partial charge is 0.341 e. The molecule has 2 aromatic rings. The molecule has 2 nitrogen and oxygen atoms in total. The summed E-state index contributed by atoms with van der Waals surface area (Å²) < 4.78 is 1.95. The molecule has 0 radical (unpaired) electrons. The van der Waals surface area contributed by atoms with Crippen LogP contribution in [0.4, 0.5) is 0 Å². The minimum absolute atomic E-state index is 0.744. The Bertz CT molecular complexity index is 539. The lowest BCUT2D eigenvalue weighted by Gasteiger charge is -2.03. The maximum absolute atomic E-state index is 10.9. The van der Waals surface area contributed by atoms with Gasteiger partial charge in [-0.05, 0) is 36.6 Å². The van der Waals surface area contributed by atoms with Crippen molar-refractivity contribution < 1.29 is 4.79 Å². The van der Waals surface area contributed by atoms with E-state index in [2.05, 4.69) is 25.1 Å². The van der Waals surface area contributed by atoms with Crippen molar-refractivity contribution in [2.45, 2.75) is 39.0 Å². The van der Waals surface area contributed by atoms with Gasteiger partial charge in [0.2, 0.25) is 0 Å². The first-order chi connectivity index (χ1) is 8.76. The molecule has 0 N–H and O–H groups in total. The molecule has 0 aliphatic heterocycles. The highest BCUT2D eigenvalue weighted by atomic mass is 16.1. The number of hydrogen-bond donors (Lipinski definition) is 0.